The van der Waals surface area contributed by atoms with Crippen LogP contribution in [0, 0.1) is 17.0 Å². The van der Waals surface area contributed by atoms with Crippen LogP contribution in [0.15, 0.2) is 24.3 Å². The first kappa shape index (κ1) is 18.6. The van der Waals surface area contributed by atoms with Gasteiger partial charge in [-0.15, -0.1) is 5.10 Å². The van der Waals surface area contributed by atoms with Crippen molar-refractivity contribution in [2.24, 2.45) is 11.3 Å². The maximum atomic E-state index is 14.2. The lowest BCUT2D eigenvalue weighted by molar-refractivity contribution is -0.150. The van der Waals surface area contributed by atoms with Crippen molar-refractivity contribution in [3.63, 3.8) is 0 Å². The summed E-state index contributed by atoms with van der Waals surface area (Å²) in [6.45, 7) is 5.09. The molecule has 28 heavy (non-hydrogen) atoms. The van der Waals surface area contributed by atoms with Gasteiger partial charge in [0.25, 0.3) is 5.91 Å². The number of fused-ring (bicyclic) bond motifs is 5. The Labute approximate surface area is 160 Å². The number of hydrogen-bond donors (Lipinski definition) is 1. The molecule has 0 saturated heterocycles. The number of hydrogen-bond acceptors (Lipinski definition) is 5. The molecule has 1 heterocycles. The Balaban J connectivity index is 1.90. The number of carbonyl (C=O) groups is 2. The van der Waals surface area contributed by atoms with Crippen LogP contribution in [0.3, 0.4) is 0 Å². The summed E-state index contributed by atoms with van der Waals surface area (Å²) in [5.74, 6) is 3.14. The van der Waals surface area contributed by atoms with Crippen molar-refractivity contribution in [1.82, 2.24) is 15.2 Å². The zero-order valence-electron chi connectivity index (χ0n) is 15.8. The van der Waals surface area contributed by atoms with E-state index in [9.17, 15) is 18.4 Å². The Morgan fingerprint density at radius 1 is 1.21 bits per heavy atom. The highest BCUT2D eigenvalue weighted by molar-refractivity contribution is 6.01. The molecule has 1 fully saturated rings. The van der Waals surface area contributed by atoms with Gasteiger partial charge in [-0.05, 0) is 47.9 Å². The first-order chi connectivity index (χ1) is 13.1. The lowest BCUT2D eigenvalue weighted by atomic mass is 9.67. The first-order valence-corrected chi connectivity index (χ1v) is 9.05. The van der Waals surface area contributed by atoms with E-state index in [1.54, 1.807) is 6.07 Å². The Morgan fingerprint density at radius 3 is 2.46 bits per heavy atom. The predicted octanol–water partition coefficient (Wildman–Crippen LogP) is 2.83. The van der Waals surface area contributed by atoms with E-state index in [0.29, 0.717) is 23.5 Å². The number of hydrazine groups is 1. The van der Waals surface area contributed by atoms with E-state index in [1.165, 1.54) is 13.0 Å². The van der Waals surface area contributed by atoms with Crippen molar-refractivity contribution < 1.29 is 18.4 Å². The molecule has 1 aromatic carbocycles. The van der Waals surface area contributed by atoms with Crippen LogP contribution in [0.1, 0.15) is 50.8 Å². The quantitative estimate of drug-likeness (QED) is 0.487. The zero-order chi connectivity index (χ0) is 20.4. The minimum absolute atomic E-state index is 0.0594. The van der Waals surface area contributed by atoms with Crippen LogP contribution in [0.25, 0.3) is 11.3 Å². The van der Waals surface area contributed by atoms with Crippen LogP contribution in [0.5, 0.6) is 0 Å². The number of nitrogens with zero attached hydrogens (tertiary/aromatic N) is 3. The molecule has 8 heteroatoms. The van der Waals surface area contributed by atoms with E-state index in [4.69, 9.17) is 5.84 Å². The van der Waals surface area contributed by atoms with Crippen LogP contribution in [0.4, 0.5) is 8.78 Å². The molecule has 146 valence electrons. The van der Waals surface area contributed by atoms with Crippen molar-refractivity contribution in [1.29, 1.82) is 0 Å². The van der Waals surface area contributed by atoms with Gasteiger partial charge in [0.1, 0.15) is 17.0 Å². The number of benzene rings is 1. The second kappa shape index (κ2) is 5.88. The maximum Gasteiger partial charge on any atom is 0.256 e. The van der Waals surface area contributed by atoms with Crippen LogP contribution in [-0.2, 0) is 15.0 Å². The third kappa shape index (κ3) is 2.15. The molecule has 2 aliphatic carbocycles. The van der Waals surface area contributed by atoms with Crippen molar-refractivity contribution in [3.05, 3.63) is 47.2 Å². The SMILES string of the molecule is CC(=O)N(N)C(=O)[C@@]12CC[C@@H](c3cc(-c4c(F)cccc4F)nnc31)C2(C)C. The van der Waals surface area contributed by atoms with Crippen molar-refractivity contribution in [3.8, 4) is 11.3 Å². The smallest absolute Gasteiger partial charge is 0.256 e. The molecule has 0 aliphatic heterocycles. The fraction of sp³-hybridized carbons (Fsp3) is 0.400. The summed E-state index contributed by atoms with van der Waals surface area (Å²) in [7, 11) is 0. The minimum atomic E-state index is -1.09. The first-order valence-electron chi connectivity index (χ1n) is 9.05. The standard InChI is InChI=1S/C20H20F2N4O2/c1-10(27)26(23)18(28)20-8-7-12(19(20,2)3)11-9-15(24-25-17(11)20)16-13(21)5-4-6-14(16)22/h4-6,9,12H,7-8,23H2,1-3H3/t12-,20+/m0/s1. The molecule has 4 rings (SSSR count). The molecule has 0 radical (unpaired) electrons. The largest absolute Gasteiger partial charge is 0.273 e. The Hall–Kier alpha value is -2.74. The third-order valence-electron chi connectivity index (χ3n) is 6.52. The molecule has 6 nitrogen and oxygen atoms in total. The van der Waals surface area contributed by atoms with Crippen molar-refractivity contribution in [2.75, 3.05) is 0 Å². The van der Waals surface area contributed by atoms with E-state index in [0.717, 1.165) is 17.7 Å². The van der Waals surface area contributed by atoms with Gasteiger partial charge in [0.15, 0.2) is 0 Å². The Bertz CT molecular complexity index is 1000. The Kier molecular flexibility index (Phi) is 3.91. The highest BCUT2D eigenvalue weighted by atomic mass is 19.1. The second-order valence-corrected chi connectivity index (χ2v) is 8.04. The monoisotopic (exact) mass is 386 g/mol. The van der Waals surface area contributed by atoms with Gasteiger partial charge >= 0.3 is 0 Å². The number of halogens is 2. The molecule has 2 atom stereocenters. The van der Waals surface area contributed by atoms with Crippen LogP contribution < -0.4 is 5.84 Å². The molecule has 2 N–H and O–H groups in total. The van der Waals surface area contributed by atoms with E-state index >= 15 is 0 Å². The topological polar surface area (TPSA) is 89.2 Å². The fourth-order valence-corrected chi connectivity index (χ4v) is 5.01. The summed E-state index contributed by atoms with van der Waals surface area (Å²) in [4.78, 5) is 24.9. The van der Waals surface area contributed by atoms with Gasteiger partial charge in [-0.1, -0.05) is 19.9 Å². The molecule has 0 unspecified atom stereocenters. The molecule has 2 aliphatic rings. The molecule has 2 aromatic rings. The lowest BCUT2D eigenvalue weighted by Gasteiger charge is -2.37. The van der Waals surface area contributed by atoms with Crippen molar-refractivity contribution >= 4 is 11.8 Å². The predicted molar refractivity (Wildman–Crippen MR) is 96.5 cm³/mol. The third-order valence-corrected chi connectivity index (χ3v) is 6.52. The number of rotatable bonds is 2. The summed E-state index contributed by atoms with van der Waals surface area (Å²) >= 11 is 0. The van der Waals surface area contributed by atoms with Gasteiger partial charge in [-0.3, -0.25) is 9.59 Å². The highest BCUT2D eigenvalue weighted by Crippen LogP contribution is 2.67. The summed E-state index contributed by atoms with van der Waals surface area (Å²) in [6, 6.07) is 5.21. The molecule has 1 aromatic heterocycles. The second-order valence-electron chi connectivity index (χ2n) is 8.04. The van der Waals surface area contributed by atoms with E-state index in [2.05, 4.69) is 10.2 Å². The highest BCUT2D eigenvalue weighted by Gasteiger charge is 2.68. The van der Waals surface area contributed by atoms with Gasteiger partial charge in [0, 0.05) is 6.92 Å². The van der Waals surface area contributed by atoms with Gasteiger partial charge < -0.3 is 0 Å². The van der Waals surface area contributed by atoms with Gasteiger partial charge in [-0.25, -0.2) is 19.6 Å². The number of imide groups is 1. The lowest BCUT2D eigenvalue weighted by Crippen LogP contribution is -2.55. The van der Waals surface area contributed by atoms with E-state index < -0.39 is 34.3 Å². The minimum Gasteiger partial charge on any atom is -0.273 e. The van der Waals surface area contributed by atoms with Crippen molar-refractivity contribution in [2.45, 2.75) is 44.9 Å². The molecular weight excluding hydrogens is 366 g/mol. The average Bonchev–Trinajstić information content (AvgIpc) is 3.02. The van der Waals surface area contributed by atoms with Gasteiger partial charge in [0.2, 0.25) is 5.91 Å². The summed E-state index contributed by atoms with van der Waals surface area (Å²) in [6.07, 6.45) is 1.17. The number of amides is 2. The van der Waals surface area contributed by atoms with Gasteiger partial charge in [-0.2, -0.15) is 5.10 Å². The van der Waals surface area contributed by atoms with Gasteiger partial charge in [0.05, 0.1) is 17.0 Å². The van der Waals surface area contributed by atoms with E-state index in [-0.39, 0.29) is 17.2 Å². The Morgan fingerprint density at radius 2 is 1.86 bits per heavy atom. The van der Waals surface area contributed by atoms with E-state index in [1.807, 2.05) is 13.8 Å². The molecule has 2 amide bonds. The number of nitrogens with two attached hydrogens (primary N) is 1. The summed E-state index contributed by atoms with van der Waals surface area (Å²) < 4.78 is 28.4. The molecule has 1 saturated carbocycles. The fourth-order valence-electron chi connectivity index (χ4n) is 5.01. The number of aromatic nitrogens is 2. The average molecular weight is 386 g/mol. The zero-order valence-corrected chi connectivity index (χ0v) is 15.8. The molecule has 2 bridgehead atoms. The van der Waals surface area contributed by atoms with Crippen LogP contribution in [0.2, 0.25) is 0 Å². The summed E-state index contributed by atoms with van der Waals surface area (Å²) in [5.41, 5.74) is -0.655. The maximum absolute atomic E-state index is 14.2. The normalized spacial score (nSPS) is 24.1. The van der Waals surface area contributed by atoms with Crippen LogP contribution >= 0.6 is 0 Å². The molecule has 0 spiro atoms. The molecular formula is C20H20F2N4O2. The van der Waals surface area contributed by atoms with Crippen LogP contribution in [-0.4, -0.2) is 27.0 Å². The number of carbonyl (C=O) groups excluding carboxylic acids is 2. The summed E-state index contributed by atoms with van der Waals surface area (Å²) in [5, 5.41) is 8.90.